The number of nitrogens with one attached hydrogen (secondary N) is 1. The van der Waals surface area contributed by atoms with Crippen LogP contribution in [-0.2, 0) is 12.8 Å². The van der Waals surface area contributed by atoms with E-state index in [1.54, 1.807) is 38.9 Å². The van der Waals surface area contributed by atoms with Crippen LogP contribution in [0.3, 0.4) is 0 Å². The Kier molecular flexibility index (Phi) is 6.75. The Hall–Kier alpha value is -3.32. The maximum atomic E-state index is 13.2. The van der Waals surface area contributed by atoms with Gasteiger partial charge in [0.1, 0.15) is 5.00 Å². The molecule has 0 unspecified atom stereocenters. The highest BCUT2D eigenvalue weighted by Gasteiger charge is 2.25. The number of hydrogen-bond donors (Lipinski definition) is 1. The Morgan fingerprint density at radius 1 is 0.969 bits per heavy atom. The molecule has 4 rings (SSSR count). The zero-order valence-electron chi connectivity index (χ0n) is 18.4. The first kappa shape index (κ1) is 21.9. The molecule has 0 radical (unpaired) electrons. The molecule has 6 nitrogen and oxygen atoms in total. The number of hydrogen-bond acceptors (Lipinski definition) is 6. The number of thiophene rings is 1. The van der Waals surface area contributed by atoms with Crippen LogP contribution in [0.1, 0.15) is 39.2 Å². The summed E-state index contributed by atoms with van der Waals surface area (Å²) in [5.41, 5.74) is 3.31. The Labute approximate surface area is 191 Å². The number of anilines is 1. The van der Waals surface area contributed by atoms with Gasteiger partial charge in [0.2, 0.25) is 5.75 Å². The molecule has 7 heteroatoms. The van der Waals surface area contributed by atoms with Crippen molar-refractivity contribution in [1.82, 2.24) is 0 Å². The molecule has 0 saturated carbocycles. The number of nitrogens with zero attached hydrogens (tertiary/aromatic N) is 1. The monoisotopic (exact) mass is 450 g/mol. The predicted octanol–water partition coefficient (Wildman–Crippen LogP) is 5.66. The van der Waals surface area contributed by atoms with Gasteiger partial charge < -0.3 is 19.5 Å². The van der Waals surface area contributed by atoms with Crippen LogP contribution >= 0.6 is 11.3 Å². The molecule has 0 saturated heterocycles. The summed E-state index contributed by atoms with van der Waals surface area (Å²) in [4.78, 5) is 19.2. The molecule has 1 aliphatic rings. The number of carbonyl (C=O) groups excluding carboxylic acids is 1. The molecule has 1 heterocycles. The van der Waals surface area contributed by atoms with Gasteiger partial charge in [-0.25, -0.2) is 4.99 Å². The molecule has 3 aromatic rings. The number of fused-ring (bicyclic) bond motifs is 1. The maximum absolute atomic E-state index is 13.2. The van der Waals surface area contributed by atoms with Gasteiger partial charge in [-0.1, -0.05) is 18.2 Å². The second-order valence-corrected chi connectivity index (χ2v) is 8.48. The van der Waals surface area contributed by atoms with Gasteiger partial charge in [-0.2, -0.15) is 0 Å². The van der Waals surface area contributed by atoms with Gasteiger partial charge in [0, 0.05) is 22.3 Å². The number of amides is 1. The van der Waals surface area contributed by atoms with E-state index >= 15 is 0 Å². The number of methoxy groups -OCH3 is 3. The highest BCUT2D eigenvalue weighted by Crippen LogP contribution is 2.42. The summed E-state index contributed by atoms with van der Waals surface area (Å²) in [6.45, 7) is 0. The van der Waals surface area contributed by atoms with Crippen LogP contribution < -0.4 is 19.5 Å². The first-order valence-electron chi connectivity index (χ1n) is 10.5. The Morgan fingerprint density at radius 3 is 2.44 bits per heavy atom. The first-order valence-corrected chi connectivity index (χ1v) is 11.3. The van der Waals surface area contributed by atoms with Crippen LogP contribution in [0.5, 0.6) is 17.2 Å². The van der Waals surface area contributed by atoms with Crippen molar-refractivity contribution in [3.05, 3.63) is 64.0 Å². The third-order valence-electron chi connectivity index (χ3n) is 5.47. The fourth-order valence-corrected chi connectivity index (χ4v) is 5.18. The molecule has 1 aromatic heterocycles. The topological polar surface area (TPSA) is 69.2 Å². The fourth-order valence-electron chi connectivity index (χ4n) is 3.95. The molecule has 0 spiro atoms. The number of carbonyl (C=O) groups is 1. The maximum Gasteiger partial charge on any atom is 0.259 e. The molecule has 32 heavy (non-hydrogen) atoms. The normalized spacial score (nSPS) is 13.0. The lowest BCUT2D eigenvalue weighted by Crippen LogP contribution is -2.14. The molecule has 1 N–H and O–H groups in total. The van der Waals surface area contributed by atoms with Crippen molar-refractivity contribution in [2.45, 2.75) is 25.7 Å². The summed E-state index contributed by atoms with van der Waals surface area (Å²) in [5.74, 6) is 1.50. The van der Waals surface area contributed by atoms with Gasteiger partial charge >= 0.3 is 0 Å². The van der Waals surface area contributed by atoms with Crippen molar-refractivity contribution in [2.24, 2.45) is 4.99 Å². The molecule has 0 atom stereocenters. The van der Waals surface area contributed by atoms with Crippen LogP contribution in [-0.4, -0.2) is 33.5 Å². The second-order valence-electron chi connectivity index (χ2n) is 7.39. The van der Waals surface area contributed by atoms with E-state index in [1.807, 2.05) is 42.5 Å². The molecule has 166 valence electrons. The van der Waals surface area contributed by atoms with Crippen molar-refractivity contribution >= 4 is 34.1 Å². The second kappa shape index (κ2) is 9.87. The molecule has 0 fully saturated rings. The van der Waals surface area contributed by atoms with Crippen LogP contribution in [0.2, 0.25) is 0 Å². The first-order chi connectivity index (χ1) is 15.7. The van der Waals surface area contributed by atoms with Gasteiger partial charge in [0.25, 0.3) is 5.91 Å². The summed E-state index contributed by atoms with van der Waals surface area (Å²) < 4.78 is 16.4. The number of aliphatic imine (C=N–C) groups is 1. The summed E-state index contributed by atoms with van der Waals surface area (Å²) in [5, 5.41) is 3.73. The molecule has 1 aliphatic carbocycles. The molecule has 2 aromatic carbocycles. The SMILES string of the molecule is COc1ccc(C=Nc2sc3c(c2C(=O)Nc2ccccc2)CCCC3)c(OC)c1OC. The van der Waals surface area contributed by atoms with Gasteiger partial charge in [-0.05, 0) is 55.5 Å². The molecule has 0 aliphatic heterocycles. The van der Waals surface area contributed by atoms with E-state index in [-0.39, 0.29) is 5.91 Å². The van der Waals surface area contributed by atoms with E-state index < -0.39 is 0 Å². The van der Waals surface area contributed by atoms with Crippen LogP contribution in [0, 0.1) is 0 Å². The number of aryl methyl sites for hydroxylation is 1. The number of rotatable bonds is 7. The third kappa shape index (κ3) is 4.34. The smallest absolute Gasteiger partial charge is 0.259 e. The van der Waals surface area contributed by atoms with Crippen molar-refractivity contribution in [3.63, 3.8) is 0 Å². The zero-order valence-corrected chi connectivity index (χ0v) is 19.3. The minimum atomic E-state index is -0.123. The predicted molar refractivity (Wildman–Crippen MR) is 129 cm³/mol. The van der Waals surface area contributed by atoms with Crippen LogP contribution in [0.4, 0.5) is 10.7 Å². The molecule has 1 amide bonds. The highest BCUT2D eigenvalue weighted by molar-refractivity contribution is 7.16. The average molecular weight is 451 g/mol. The Balaban J connectivity index is 1.72. The minimum Gasteiger partial charge on any atom is -0.493 e. The van der Waals surface area contributed by atoms with Gasteiger partial charge in [-0.3, -0.25) is 4.79 Å². The van der Waals surface area contributed by atoms with E-state index in [1.165, 1.54) is 4.88 Å². The number of benzene rings is 2. The zero-order chi connectivity index (χ0) is 22.5. The van der Waals surface area contributed by atoms with E-state index in [4.69, 9.17) is 19.2 Å². The number of para-hydroxylation sites is 1. The fraction of sp³-hybridized carbons (Fsp3) is 0.280. The third-order valence-corrected chi connectivity index (χ3v) is 6.67. The lowest BCUT2D eigenvalue weighted by atomic mass is 9.95. The summed E-state index contributed by atoms with van der Waals surface area (Å²) >= 11 is 1.60. The Bertz CT molecular complexity index is 1140. The average Bonchev–Trinajstić information content (AvgIpc) is 3.21. The van der Waals surface area contributed by atoms with Gasteiger partial charge in [0.05, 0.1) is 26.9 Å². The minimum absolute atomic E-state index is 0.123. The van der Waals surface area contributed by atoms with Gasteiger partial charge in [0.15, 0.2) is 11.5 Å². The van der Waals surface area contributed by atoms with E-state index in [0.717, 1.165) is 42.5 Å². The summed E-state index contributed by atoms with van der Waals surface area (Å²) in [7, 11) is 4.73. The summed E-state index contributed by atoms with van der Waals surface area (Å²) in [6, 6.07) is 13.2. The van der Waals surface area contributed by atoms with E-state index in [2.05, 4.69) is 5.32 Å². The standard InChI is InChI=1S/C25H26N2O4S/c1-29-19-14-13-16(22(30-2)23(19)31-3)15-26-25-21(18-11-7-8-12-20(18)32-25)24(28)27-17-9-5-4-6-10-17/h4-6,9-10,13-15H,7-8,11-12H2,1-3H3,(H,27,28). The van der Waals surface area contributed by atoms with Crippen molar-refractivity contribution in [2.75, 3.05) is 26.6 Å². The molecular formula is C25H26N2O4S. The van der Waals surface area contributed by atoms with Crippen LogP contribution in [0.15, 0.2) is 47.5 Å². The molecule has 0 bridgehead atoms. The number of ether oxygens (including phenoxy) is 3. The lowest BCUT2D eigenvalue weighted by molar-refractivity contribution is 0.102. The van der Waals surface area contributed by atoms with Crippen molar-refractivity contribution in [1.29, 1.82) is 0 Å². The van der Waals surface area contributed by atoms with Gasteiger partial charge in [-0.15, -0.1) is 11.3 Å². The van der Waals surface area contributed by atoms with E-state index in [0.29, 0.717) is 27.8 Å². The quantitative estimate of drug-likeness (QED) is 0.472. The van der Waals surface area contributed by atoms with Crippen molar-refractivity contribution in [3.8, 4) is 17.2 Å². The Morgan fingerprint density at radius 2 is 1.72 bits per heavy atom. The van der Waals surface area contributed by atoms with Crippen molar-refractivity contribution < 1.29 is 19.0 Å². The highest BCUT2D eigenvalue weighted by atomic mass is 32.1. The molecular weight excluding hydrogens is 424 g/mol. The largest absolute Gasteiger partial charge is 0.493 e. The van der Waals surface area contributed by atoms with Crippen LogP contribution in [0.25, 0.3) is 0 Å². The summed E-state index contributed by atoms with van der Waals surface area (Å²) in [6.07, 6.45) is 5.83. The lowest BCUT2D eigenvalue weighted by Gasteiger charge is -2.14. The van der Waals surface area contributed by atoms with E-state index in [9.17, 15) is 4.79 Å².